The number of hydrogen-bond acceptors (Lipinski definition) is 5. The van der Waals surface area contributed by atoms with Crippen LogP contribution < -0.4 is 4.72 Å². The Hall–Kier alpha value is -1.45. The molecular formula is C11H12BrNO6S. The molecule has 1 rings (SSSR count). The van der Waals surface area contributed by atoms with Gasteiger partial charge in [0.25, 0.3) is 0 Å². The van der Waals surface area contributed by atoms with Crippen molar-refractivity contribution in [1.29, 1.82) is 0 Å². The Bertz CT molecular complexity index is 642. The van der Waals surface area contributed by atoms with Gasteiger partial charge in [0.05, 0.1) is 17.6 Å². The standard InChI is InChI=1S/C11H12BrNO6S/c1-6(11(16)19-2)13-20(17,18)9-5-7(10(14)15)3-4-8(9)12/h3-6,13H,1-2H3,(H,14,15)/t6-/m0/s1. The molecule has 0 saturated carbocycles. The lowest BCUT2D eigenvalue weighted by Gasteiger charge is -2.13. The summed E-state index contributed by atoms with van der Waals surface area (Å²) in [6, 6.07) is 2.47. The Balaban J connectivity index is 3.18. The van der Waals surface area contributed by atoms with E-state index in [-0.39, 0.29) is 14.9 Å². The van der Waals surface area contributed by atoms with E-state index in [4.69, 9.17) is 5.11 Å². The van der Waals surface area contributed by atoms with Crippen molar-refractivity contribution in [3.05, 3.63) is 28.2 Å². The normalized spacial score (nSPS) is 12.8. The molecule has 7 nitrogen and oxygen atoms in total. The monoisotopic (exact) mass is 365 g/mol. The quantitative estimate of drug-likeness (QED) is 0.752. The van der Waals surface area contributed by atoms with Gasteiger partial charge >= 0.3 is 11.9 Å². The zero-order chi connectivity index (χ0) is 15.5. The average Bonchev–Trinajstić information content (AvgIpc) is 2.37. The van der Waals surface area contributed by atoms with E-state index in [9.17, 15) is 18.0 Å². The largest absolute Gasteiger partial charge is 0.478 e. The minimum Gasteiger partial charge on any atom is -0.478 e. The van der Waals surface area contributed by atoms with Gasteiger partial charge in [0.15, 0.2) is 0 Å². The maximum Gasteiger partial charge on any atom is 0.335 e. The number of nitrogens with one attached hydrogen (secondary N) is 1. The summed E-state index contributed by atoms with van der Waals surface area (Å²) in [5, 5.41) is 8.87. The van der Waals surface area contributed by atoms with Crippen LogP contribution >= 0.6 is 15.9 Å². The maximum atomic E-state index is 12.1. The molecule has 0 aliphatic rings. The summed E-state index contributed by atoms with van der Waals surface area (Å²) >= 11 is 3.03. The SMILES string of the molecule is COC(=O)[C@H](C)NS(=O)(=O)c1cc(C(=O)O)ccc1Br. The average molecular weight is 366 g/mol. The fraction of sp³-hybridized carbons (Fsp3) is 0.273. The van der Waals surface area contributed by atoms with Crippen molar-refractivity contribution in [2.75, 3.05) is 7.11 Å². The molecule has 0 saturated heterocycles. The van der Waals surface area contributed by atoms with Gasteiger partial charge in [0, 0.05) is 4.47 Å². The molecule has 0 heterocycles. The first kappa shape index (κ1) is 16.6. The lowest BCUT2D eigenvalue weighted by Crippen LogP contribution is -2.39. The fourth-order valence-corrected chi connectivity index (χ4v) is 3.54. The van der Waals surface area contributed by atoms with Crippen LogP contribution in [0.1, 0.15) is 17.3 Å². The van der Waals surface area contributed by atoms with E-state index in [2.05, 4.69) is 25.4 Å². The van der Waals surface area contributed by atoms with Crippen LogP contribution in [0.25, 0.3) is 0 Å². The topological polar surface area (TPSA) is 110 Å². The molecule has 110 valence electrons. The van der Waals surface area contributed by atoms with Crippen LogP contribution in [0.15, 0.2) is 27.6 Å². The minimum absolute atomic E-state index is 0.181. The molecule has 1 atom stereocenters. The first-order chi connectivity index (χ1) is 9.19. The molecular weight excluding hydrogens is 354 g/mol. The number of carbonyl (C=O) groups excluding carboxylic acids is 1. The van der Waals surface area contributed by atoms with Gasteiger partial charge in [-0.05, 0) is 41.1 Å². The van der Waals surface area contributed by atoms with Gasteiger partial charge in [-0.15, -0.1) is 0 Å². The van der Waals surface area contributed by atoms with E-state index < -0.39 is 28.0 Å². The van der Waals surface area contributed by atoms with E-state index >= 15 is 0 Å². The maximum absolute atomic E-state index is 12.1. The molecule has 20 heavy (non-hydrogen) atoms. The number of methoxy groups -OCH3 is 1. The van der Waals surface area contributed by atoms with Crippen LogP contribution in [0.3, 0.4) is 0 Å². The van der Waals surface area contributed by atoms with Crippen LogP contribution in [-0.4, -0.2) is 38.6 Å². The van der Waals surface area contributed by atoms with Crippen LogP contribution in [0.5, 0.6) is 0 Å². The minimum atomic E-state index is -4.06. The van der Waals surface area contributed by atoms with Gasteiger partial charge in [-0.3, -0.25) is 4.79 Å². The number of carboxylic acids is 1. The van der Waals surface area contributed by atoms with Crippen molar-refractivity contribution in [3.63, 3.8) is 0 Å². The Kier molecular flexibility index (Phi) is 5.26. The lowest BCUT2D eigenvalue weighted by atomic mass is 10.2. The number of carbonyl (C=O) groups is 2. The van der Waals surface area contributed by atoms with E-state index in [0.29, 0.717) is 0 Å². The third kappa shape index (κ3) is 3.78. The van der Waals surface area contributed by atoms with Crippen molar-refractivity contribution in [2.45, 2.75) is 17.9 Å². The van der Waals surface area contributed by atoms with Crippen LogP contribution in [0.2, 0.25) is 0 Å². The summed E-state index contributed by atoms with van der Waals surface area (Å²) < 4.78 is 30.9. The van der Waals surface area contributed by atoms with E-state index in [0.717, 1.165) is 13.2 Å². The van der Waals surface area contributed by atoms with Gasteiger partial charge in [0.1, 0.15) is 6.04 Å². The number of halogens is 1. The Morgan fingerprint density at radius 3 is 2.50 bits per heavy atom. The summed E-state index contributed by atoms with van der Waals surface area (Å²) in [4.78, 5) is 21.8. The number of sulfonamides is 1. The first-order valence-electron chi connectivity index (χ1n) is 5.32. The predicted molar refractivity (Wildman–Crippen MR) is 72.9 cm³/mol. The van der Waals surface area contributed by atoms with Gasteiger partial charge in [0.2, 0.25) is 10.0 Å². The molecule has 1 aromatic rings. The van der Waals surface area contributed by atoms with Crippen LogP contribution in [0, 0.1) is 0 Å². The molecule has 9 heteroatoms. The molecule has 0 radical (unpaired) electrons. The zero-order valence-electron chi connectivity index (χ0n) is 10.6. The fourth-order valence-electron chi connectivity index (χ4n) is 1.36. The van der Waals surface area contributed by atoms with Crippen LogP contribution in [0.4, 0.5) is 0 Å². The van der Waals surface area contributed by atoms with Crippen molar-refractivity contribution in [1.82, 2.24) is 4.72 Å². The molecule has 1 aromatic carbocycles. The molecule has 0 fully saturated rings. The number of esters is 1. The Labute approximate surface area is 124 Å². The van der Waals surface area contributed by atoms with Gasteiger partial charge in [-0.1, -0.05) is 0 Å². The summed E-state index contributed by atoms with van der Waals surface area (Å²) in [6.07, 6.45) is 0. The third-order valence-electron chi connectivity index (χ3n) is 2.35. The molecule has 0 aromatic heterocycles. The molecule has 0 bridgehead atoms. The number of carboxylic acid groups (broad SMARTS) is 1. The first-order valence-corrected chi connectivity index (χ1v) is 7.59. The second-order valence-electron chi connectivity index (χ2n) is 3.82. The zero-order valence-corrected chi connectivity index (χ0v) is 13.0. The predicted octanol–water partition coefficient (Wildman–Crippen LogP) is 0.987. The lowest BCUT2D eigenvalue weighted by molar-refractivity contribution is -0.142. The molecule has 2 N–H and O–H groups in total. The van der Waals surface area contributed by atoms with Gasteiger partial charge in [-0.2, -0.15) is 4.72 Å². The number of hydrogen-bond donors (Lipinski definition) is 2. The van der Waals surface area contributed by atoms with Gasteiger partial charge < -0.3 is 9.84 Å². The highest BCUT2D eigenvalue weighted by Gasteiger charge is 2.25. The van der Waals surface area contributed by atoms with Crippen LogP contribution in [-0.2, 0) is 19.6 Å². The van der Waals surface area contributed by atoms with Crippen molar-refractivity contribution in [3.8, 4) is 0 Å². The number of rotatable bonds is 5. The number of ether oxygens (including phenoxy) is 1. The van der Waals surface area contributed by atoms with Crippen molar-refractivity contribution in [2.24, 2.45) is 0 Å². The summed E-state index contributed by atoms with van der Waals surface area (Å²) in [5.74, 6) is -2.01. The Morgan fingerprint density at radius 2 is 2.00 bits per heavy atom. The van der Waals surface area contributed by atoms with Crippen molar-refractivity contribution >= 4 is 37.9 Å². The van der Waals surface area contributed by atoms with Gasteiger partial charge in [-0.25, -0.2) is 13.2 Å². The molecule has 0 aliphatic heterocycles. The summed E-state index contributed by atoms with van der Waals surface area (Å²) in [5.41, 5.74) is -0.181. The van der Waals surface area contributed by atoms with E-state index in [1.807, 2.05) is 0 Å². The second kappa shape index (κ2) is 6.33. The molecule has 0 unspecified atom stereocenters. The summed E-state index contributed by atoms with van der Waals surface area (Å²) in [6.45, 7) is 1.32. The third-order valence-corrected chi connectivity index (χ3v) is 4.89. The van der Waals surface area contributed by atoms with E-state index in [1.165, 1.54) is 19.1 Å². The second-order valence-corrected chi connectivity index (χ2v) is 6.35. The highest BCUT2D eigenvalue weighted by atomic mass is 79.9. The highest BCUT2D eigenvalue weighted by Crippen LogP contribution is 2.23. The number of benzene rings is 1. The molecule has 0 amide bonds. The highest BCUT2D eigenvalue weighted by molar-refractivity contribution is 9.10. The smallest absolute Gasteiger partial charge is 0.335 e. The number of aromatic carboxylic acids is 1. The van der Waals surface area contributed by atoms with Crippen molar-refractivity contribution < 1.29 is 27.9 Å². The molecule has 0 spiro atoms. The van der Waals surface area contributed by atoms with E-state index in [1.54, 1.807) is 0 Å². The Morgan fingerprint density at radius 1 is 1.40 bits per heavy atom. The summed E-state index contributed by atoms with van der Waals surface area (Å²) in [7, 11) is -2.93. The molecule has 0 aliphatic carbocycles.